The quantitative estimate of drug-likeness (QED) is 0.800. The molecule has 0 radical (unpaired) electrons. The Labute approximate surface area is 130 Å². The first-order valence-corrected chi connectivity index (χ1v) is 7.74. The van der Waals surface area contributed by atoms with E-state index in [4.69, 9.17) is 9.15 Å². The van der Waals surface area contributed by atoms with Gasteiger partial charge in [-0.2, -0.15) is 0 Å². The minimum atomic E-state index is -0.276. The lowest BCUT2D eigenvalue weighted by molar-refractivity contribution is -0.0551. The van der Waals surface area contributed by atoms with Crippen molar-refractivity contribution in [3.8, 4) is 0 Å². The summed E-state index contributed by atoms with van der Waals surface area (Å²) in [7, 11) is 0. The van der Waals surface area contributed by atoms with Crippen LogP contribution in [0.1, 0.15) is 30.5 Å². The van der Waals surface area contributed by atoms with Crippen LogP contribution in [0.4, 0.5) is 0 Å². The van der Waals surface area contributed by atoms with Gasteiger partial charge in [-0.3, -0.25) is 4.90 Å². The molecule has 2 heterocycles. The number of aryl methyl sites for hydroxylation is 2. The van der Waals surface area contributed by atoms with Gasteiger partial charge in [0.1, 0.15) is 5.58 Å². The molecule has 0 unspecified atom stereocenters. The summed E-state index contributed by atoms with van der Waals surface area (Å²) in [5.74, 6) is 0. The van der Waals surface area contributed by atoms with E-state index in [1.54, 1.807) is 6.07 Å². The van der Waals surface area contributed by atoms with Crippen molar-refractivity contribution in [2.75, 3.05) is 19.8 Å². The van der Waals surface area contributed by atoms with Crippen molar-refractivity contribution in [1.29, 1.82) is 0 Å². The average Bonchev–Trinajstić information content (AvgIpc) is 2.45. The van der Waals surface area contributed by atoms with Crippen molar-refractivity contribution < 1.29 is 9.15 Å². The van der Waals surface area contributed by atoms with E-state index in [-0.39, 0.29) is 11.2 Å². The number of nitrogens with zero attached hydrogens (tertiary/aromatic N) is 1. The summed E-state index contributed by atoms with van der Waals surface area (Å²) < 4.78 is 11.0. The highest BCUT2D eigenvalue weighted by Crippen LogP contribution is 2.27. The minimum Gasteiger partial charge on any atom is -0.422 e. The van der Waals surface area contributed by atoms with Gasteiger partial charge in [0, 0.05) is 30.1 Å². The first-order chi connectivity index (χ1) is 10.4. The number of morpholine rings is 1. The highest BCUT2D eigenvalue weighted by Gasteiger charge is 2.30. The van der Waals surface area contributed by atoms with Crippen LogP contribution in [0.3, 0.4) is 0 Å². The Bertz CT molecular complexity index is 761. The van der Waals surface area contributed by atoms with Crippen LogP contribution in [0.2, 0.25) is 0 Å². The standard InChI is InChI=1S/C18H23NO3/c1-12-5-6-15-14(9-16(20)22-17(15)13(12)2)10-19-7-8-21-11-18(19,3)4/h5-6,9H,7-8,10-11H2,1-4H3. The molecule has 4 heteroatoms. The van der Waals surface area contributed by atoms with Gasteiger partial charge >= 0.3 is 5.63 Å². The molecule has 1 aromatic carbocycles. The third-order valence-electron chi connectivity index (χ3n) is 4.70. The van der Waals surface area contributed by atoms with Crippen molar-refractivity contribution in [2.45, 2.75) is 39.8 Å². The molecule has 0 N–H and O–H groups in total. The summed E-state index contributed by atoms with van der Waals surface area (Å²) in [6, 6.07) is 5.78. The number of ether oxygens (including phenoxy) is 1. The summed E-state index contributed by atoms with van der Waals surface area (Å²) in [5.41, 5.74) is 3.62. The first kappa shape index (κ1) is 15.3. The second-order valence-corrected chi connectivity index (χ2v) is 6.76. The molecule has 1 fully saturated rings. The lowest BCUT2D eigenvalue weighted by Gasteiger charge is -2.42. The Balaban J connectivity index is 2.07. The van der Waals surface area contributed by atoms with E-state index in [0.29, 0.717) is 12.2 Å². The molecular formula is C18H23NO3. The van der Waals surface area contributed by atoms with E-state index in [0.717, 1.165) is 41.8 Å². The third-order valence-corrected chi connectivity index (χ3v) is 4.70. The van der Waals surface area contributed by atoms with Gasteiger partial charge in [0.2, 0.25) is 0 Å². The predicted molar refractivity (Wildman–Crippen MR) is 87.3 cm³/mol. The van der Waals surface area contributed by atoms with Crippen LogP contribution in [0.5, 0.6) is 0 Å². The Hall–Kier alpha value is -1.65. The molecule has 1 aliphatic rings. The molecular weight excluding hydrogens is 278 g/mol. The van der Waals surface area contributed by atoms with Crippen molar-refractivity contribution in [3.63, 3.8) is 0 Å². The summed E-state index contributed by atoms with van der Waals surface area (Å²) in [5, 5.41) is 1.03. The number of rotatable bonds is 2. The number of benzene rings is 1. The molecule has 1 aliphatic heterocycles. The molecule has 0 amide bonds. The number of hydrogen-bond donors (Lipinski definition) is 0. The Kier molecular flexibility index (Phi) is 3.83. The normalized spacial score (nSPS) is 18.7. The van der Waals surface area contributed by atoms with E-state index >= 15 is 0 Å². The zero-order valence-electron chi connectivity index (χ0n) is 13.7. The Morgan fingerprint density at radius 3 is 2.77 bits per heavy atom. The van der Waals surface area contributed by atoms with Crippen molar-refractivity contribution in [3.05, 3.63) is 45.3 Å². The van der Waals surface area contributed by atoms with Gasteiger partial charge in [-0.15, -0.1) is 0 Å². The van der Waals surface area contributed by atoms with Crippen LogP contribution < -0.4 is 5.63 Å². The maximum atomic E-state index is 12.0. The SMILES string of the molecule is Cc1ccc2c(CN3CCOCC3(C)C)cc(=O)oc2c1C. The highest BCUT2D eigenvalue weighted by molar-refractivity contribution is 5.83. The summed E-state index contributed by atoms with van der Waals surface area (Å²) in [6.07, 6.45) is 0. The van der Waals surface area contributed by atoms with Crippen LogP contribution in [0.25, 0.3) is 11.0 Å². The molecule has 0 atom stereocenters. The van der Waals surface area contributed by atoms with Crippen LogP contribution in [-0.4, -0.2) is 30.2 Å². The highest BCUT2D eigenvalue weighted by atomic mass is 16.5. The van der Waals surface area contributed by atoms with E-state index in [1.165, 1.54) is 0 Å². The van der Waals surface area contributed by atoms with Gasteiger partial charge in [-0.05, 0) is 44.4 Å². The molecule has 3 rings (SSSR count). The molecule has 22 heavy (non-hydrogen) atoms. The van der Waals surface area contributed by atoms with E-state index in [1.807, 2.05) is 13.8 Å². The molecule has 0 saturated carbocycles. The first-order valence-electron chi connectivity index (χ1n) is 7.74. The van der Waals surface area contributed by atoms with Crippen molar-refractivity contribution in [1.82, 2.24) is 4.90 Å². The molecule has 0 aliphatic carbocycles. The maximum Gasteiger partial charge on any atom is 0.336 e. The lowest BCUT2D eigenvalue weighted by atomic mass is 9.99. The second-order valence-electron chi connectivity index (χ2n) is 6.76. The summed E-state index contributed by atoms with van der Waals surface area (Å²) >= 11 is 0. The van der Waals surface area contributed by atoms with Gasteiger partial charge < -0.3 is 9.15 Å². The monoisotopic (exact) mass is 301 g/mol. The van der Waals surface area contributed by atoms with Crippen LogP contribution in [-0.2, 0) is 11.3 Å². The van der Waals surface area contributed by atoms with E-state index in [9.17, 15) is 4.79 Å². The fraction of sp³-hybridized carbons (Fsp3) is 0.500. The zero-order valence-corrected chi connectivity index (χ0v) is 13.7. The second kappa shape index (κ2) is 5.52. The summed E-state index contributed by atoms with van der Waals surface area (Å²) in [4.78, 5) is 14.3. The van der Waals surface area contributed by atoms with E-state index in [2.05, 4.69) is 30.9 Å². The zero-order chi connectivity index (χ0) is 15.9. The molecule has 1 saturated heterocycles. The molecule has 0 spiro atoms. The van der Waals surface area contributed by atoms with Gasteiger partial charge in [0.15, 0.2) is 0 Å². The lowest BCUT2D eigenvalue weighted by Crippen LogP contribution is -2.52. The molecule has 118 valence electrons. The van der Waals surface area contributed by atoms with Crippen molar-refractivity contribution >= 4 is 11.0 Å². The number of hydrogen-bond acceptors (Lipinski definition) is 4. The fourth-order valence-electron chi connectivity index (χ4n) is 3.04. The molecule has 1 aromatic heterocycles. The van der Waals surface area contributed by atoms with Crippen LogP contribution in [0, 0.1) is 13.8 Å². The van der Waals surface area contributed by atoms with Gasteiger partial charge in [-0.1, -0.05) is 12.1 Å². The Morgan fingerprint density at radius 2 is 2.05 bits per heavy atom. The average molecular weight is 301 g/mol. The van der Waals surface area contributed by atoms with Crippen LogP contribution in [0.15, 0.2) is 27.4 Å². The summed E-state index contributed by atoms with van der Waals surface area (Å²) in [6.45, 7) is 11.5. The van der Waals surface area contributed by atoms with Gasteiger partial charge in [-0.25, -0.2) is 4.79 Å². The van der Waals surface area contributed by atoms with Gasteiger partial charge in [0.25, 0.3) is 0 Å². The van der Waals surface area contributed by atoms with Crippen LogP contribution >= 0.6 is 0 Å². The van der Waals surface area contributed by atoms with Gasteiger partial charge in [0.05, 0.1) is 13.2 Å². The maximum absolute atomic E-state index is 12.0. The third kappa shape index (κ3) is 2.69. The van der Waals surface area contributed by atoms with Crippen molar-refractivity contribution in [2.24, 2.45) is 0 Å². The molecule has 2 aromatic rings. The molecule has 0 bridgehead atoms. The molecule has 4 nitrogen and oxygen atoms in total. The van der Waals surface area contributed by atoms with E-state index < -0.39 is 0 Å². The number of fused-ring (bicyclic) bond motifs is 1. The predicted octanol–water partition coefficient (Wildman–Crippen LogP) is 3.02. The topological polar surface area (TPSA) is 42.7 Å². The Morgan fingerprint density at radius 1 is 1.27 bits per heavy atom. The minimum absolute atomic E-state index is 0.0274. The smallest absolute Gasteiger partial charge is 0.336 e. The fourth-order valence-corrected chi connectivity index (χ4v) is 3.04. The largest absolute Gasteiger partial charge is 0.422 e.